The molecule has 0 bridgehead atoms. The summed E-state index contributed by atoms with van der Waals surface area (Å²) in [7, 11) is 0. The number of thioether (sulfide) groups is 1. The Labute approximate surface area is 92.6 Å². The third-order valence-corrected chi connectivity index (χ3v) is 3.48. The van der Waals surface area contributed by atoms with Crippen LogP contribution in [0.5, 0.6) is 0 Å². The highest BCUT2D eigenvalue weighted by atomic mass is 32.2. The fourth-order valence-electron chi connectivity index (χ4n) is 1.25. The van der Waals surface area contributed by atoms with Gasteiger partial charge in [0.05, 0.1) is 6.61 Å². The number of ether oxygens (including phenoxy) is 1. The van der Waals surface area contributed by atoms with Gasteiger partial charge in [-0.15, -0.1) is 11.8 Å². The Hall–Kier alpha value is -0.750. The maximum atomic E-state index is 11.6. The molecule has 0 saturated carbocycles. The molecular formula is C9H15NO4S. The number of hydrogen-bond acceptors (Lipinski definition) is 5. The highest BCUT2D eigenvalue weighted by Crippen LogP contribution is 2.31. The molecule has 0 amide bonds. The summed E-state index contributed by atoms with van der Waals surface area (Å²) in [4.78, 5) is 21.4. The van der Waals surface area contributed by atoms with Crippen LogP contribution in [0, 0.1) is 0 Å². The van der Waals surface area contributed by atoms with Crippen molar-refractivity contribution in [2.45, 2.75) is 31.2 Å². The fraction of sp³-hybridized carbons (Fsp3) is 0.778. The van der Waals surface area contributed by atoms with Crippen LogP contribution in [-0.4, -0.2) is 40.3 Å². The molecule has 1 aliphatic rings. The topological polar surface area (TPSA) is 75.6 Å². The molecule has 1 heterocycles. The lowest BCUT2D eigenvalue weighted by molar-refractivity contribution is -0.147. The van der Waals surface area contributed by atoms with E-state index in [1.54, 1.807) is 6.92 Å². The Morgan fingerprint density at radius 3 is 2.80 bits per heavy atom. The predicted octanol–water partition coefficient (Wildman–Crippen LogP) is 0.445. The van der Waals surface area contributed by atoms with E-state index >= 15 is 0 Å². The van der Waals surface area contributed by atoms with Crippen molar-refractivity contribution < 1.29 is 19.4 Å². The molecule has 86 valence electrons. The minimum absolute atomic E-state index is 0.369. The quantitative estimate of drug-likeness (QED) is 0.686. The van der Waals surface area contributed by atoms with E-state index in [9.17, 15) is 9.59 Å². The molecule has 1 rings (SSSR count). The summed E-state index contributed by atoms with van der Waals surface area (Å²) in [6, 6.07) is -0.672. The average Bonchev–Trinajstić information content (AvgIpc) is 2.59. The maximum Gasteiger partial charge on any atom is 0.336 e. The van der Waals surface area contributed by atoms with E-state index in [0.29, 0.717) is 12.4 Å². The number of nitrogens with one attached hydrogen (secondary N) is 1. The van der Waals surface area contributed by atoms with Gasteiger partial charge < -0.3 is 9.84 Å². The number of aliphatic carboxylic acids is 1. The van der Waals surface area contributed by atoms with Crippen LogP contribution in [0.15, 0.2) is 0 Å². The van der Waals surface area contributed by atoms with Crippen molar-refractivity contribution in [3.63, 3.8) is 0 Å². The second-order valence-electron chi connectivity index (χ2n) is 3.52. The highest BCUT2D eigenvalue weighted by molar-refractivity contribution is 8.01. The van der Waals surface area contributed by atoms with Crippen LogP contribution in [0.1, 0.15) is 20.3 Å². The van der Waals surface area contributed by atoms with Gasteiger partial charge in [-0.2, -0.15) is 0 Å². The summed E-state index contributed by atoms with van der Waals surface area (Å²) >= 11 is 1.27. The first-order chi connectivity index (χ1) is 6.99. The fourth-order valence-corrected chi connectivity index (χ4v) is 2.38. The molecule has 2 N–H and O–H groups in total. The van der Waals surface area contributed by atoms with Crippen LogP contribution >= 0.6 is 11.8 Å². The molecule has 0 aromatic rings. The number of rotatable bonds is 4. The Balaban J connectivity index is 2.54. The second-order valence-corrected chi connectivity index (χ2v) is 4.95. The second kappa shape index (κ2) is 4.85. The Bertz CT molecular complexity index is 271. The maximum absolute atomic E-state index is 11.6. The zero-order valence-electron chi connectivity index (χ0n) is 8.78. The summed E-state index contributed by atoms with van der Waals surface area (Å²) in [6.45, 7) is 3.93. The summed E-state index contributed by atoms with van der Waals surface area (Å²) in [5.41, 5.74) is 0. The normalized spacial score (nSPS) is 30.1. The van der Waals surface area contributed by atoms with E-state index in [-0.39, 0.29) is 0 Å². The van der Waals surface area contributed by atoms with Crippen LogP contribution in [0.3, 0.4) is 0 Å². The molecule has 1 fully saturated rings. The van der Waals surface area contributed by atoms with Gasteiger partial charge in [0.1, 0.15) is 6.04 Å². The summed E-state index contributed by atoms with van der Waals surface area (Å²) < 4.78 is 4.99. The third-order valence-electron chi connectivity index (χ3n) is 2.11. The Morgan fingerprint density at radius 2 is 2.33 bits per heavy atom. The third kappa shape index (κ3) is 2.85. The molecule has 1 saturated heterocycles. The number of carboxylic acids is 1. The van der Waals surface area contributed by atoms with Gasteiger partial charge in [-0.05, 0) is 13.3 Å². The zero-order chi connectivity index (χ0) is 11.5. The first-order valence-corrected chi connectivity index (χ1v) is 5.80. The standard InChI is InChI=1S/C9H15NO4S/c1-3-4-14-8(13)9(2)10-6(5-15-9)7(11)12/h6,10H,3-5H2,1-2H3,(H,11,12)/t6-,9-/m0/s1. The summed E-state index contributed by atoms with van der Waals surface area (Å²) in [5.74, 6) is -0.944. The van der Waals surface area contributed by atoms with Gasteiger partial charge in [0.25, 0.3) is 0 Å². The van der Waals surface area contributed by atoms with E-state index in [1.165, 1.54) is 11.8 Å². The van der Waals surface area contributed by atoms with Gasteiger partial charge >= 0.3 is 11.9 Å². The van der Waals surface area contributed by atoms with E-state index in [4.69, 9.17) is 9.84 Å². The first-order valence-electron chi connectivity index (χ1n) is 4.81. The molecule has 15 heavy (non-hydrogen) atoms. The van der Waals surface area contributed by atoms with Gasteiger partial charge in [-0.1, -0.05) is 6.92 Å². The summed E-state index contributed by atoms with van der Waals surface area (Å²) in [5, 5.41) is 11.5. The molecule has 0 aromatic heterocycles. The Morgan fingerprint density at radius 1 is 1.67 bits per heavy atom. The lowest BCUT2D eigenvalue weighted by atomic mass is 10.2. The molecule has 0 radical (unpaired) electrons. The molecule has 0 aliphatic carbocycles. The number of carboxylic acid groups (broad SMARTS) is 1. The van der Waals surface area contributed by atoms with Crippen molar-refractivity contribution in [3.8, 4) is 0 Å². The molecule has 0 aromatic carbocycles. The van der Waals surface area contributed by atoms with Crippen LogP contribution in [0.2, 0.25) is 0 Å². The highest BCUT2D eigenvalue weighted by Gasteiger charge is 2.45. The molecule has 0 unspecified atom stereocenters. The van der Waals surface area contributed by atoms with Gasteiger partial charge in [-0.3, -0.25) is 10.1 Å². The predicted molar refractivity (Wildman–Crippen MR) is 56.7 cm³/mol. The SMILES string of the molecule is CCCOC(=O)[C@@]1(C)N[C@H](C(=O)O)CS1. The molecule has 5 nitrogen and oxygen atoms in total. The van der Waals surface area contributed by atoms with Gasteiger partial charge in [0.2, 0.25) is 0 Å². The molecule has 6 heteroatoms. The minimum Gasteiger partial charge on any atom is -0.480 e. The van der Waals surface area contributed by atoms with Crippen LogP contribution in [0.4, 0.5) is 0 Å². The van der Waals surface area contributed by atoms with Crippen molar-refractivity contribution >= 4 is 23.7 Å². The number of esters is 1. The van der Waals surface area contributed by atoms with Gasteiger partial charge in [0.15, 0.2) is 4.87 Å². The van der Waals surface area contributed by atoms with Crippen molar-refractivity contribution in [2.75, 3.05) is 12.4 Å². The van der Waals surface area contributed by atoms with Crippen LogP contribution < -0.4 is 5.32 Å². The molecule has 1 aliphatic heterocycles. The van der Waals surface area contributed by atoms with Crippen molar-refractivity contribution in [3.05, 3.63) is 0 Å². The molecular weight excluding hydrogens is 218 g/mol. The van der Waals surface area contributed by atoms with Crippen LogP contribution in [0.25, 0.3) is 0 Å². The summed E-state index contributed by atoms with van der Waals surface area (Å²) in [6.07, 6.45) is 0.759. The van der Waals surface area contributed by atoms with E-state index in [2.05, 4.69) is 5.32 Å². The largest absolute Gasteiger partial charge is 0.480 e. The van der Waals surface area contributed by atoms with E-state index in [0.717, 1.165) is 6.42 Å². The number of hydrogen-bond donors (Lipinski definition) is 2. The number of carbonyl (C=O) groups excluding carboxylic acids is 1. The van der Waals surface area contributed by atoms with Gasteiger partial charge in [0, 0.05) is 5.75 Å². The van der Waals surface area contributed by atoms with Gasteiger partial charge in [-0.25, -0.2) is 4.79 Å². The van der Waals surface area contributed by atoms with Crippen molar-refractivity contribution in [1.29, 1.82) is 0 Å². The first kappa shape index (κ1) is 12.3. The number of carbonyl (C=O) groups is 2. The smallest absolute Gasteiger partial charge is 0.336 e. The average molecular weight is 233 g/mol. The molecule has 2 atom stereocenters. The molecule has 0 spiro atoms. The lowest BCUT2D eigenvalue weighted by Crippen LogP contribution is -2.49. The Kier molecular flexibility index (Phi) is 3.98. The van der Waals surface area contributed by atoms with E-state index in [1.807, 2.05) is 6.92 Å². The van der Waals surface area contributed by atoms with Crippen LogP contribution in [-0.2, 0) is 14.3 Å². The monoisotopic (exact) mass is 233 g/mol. The minimum atomic E-state index is -0.936. The zero-order valence-corrected chi connectivity index (χ0v) is 9.60. The van der Waals surface area contributed by atoms with Crippen molar-refractivity contribution in [2.24, 2.45) is 0 Å². The van der Waals surface area contributed by atoms with E-state index < -0.39 is 22.9 Å². The lowest BCUT2D eigenvalue weighted by Gasteiger charge is -2.21. The van der Waals surface area contributed by atoms with Crippen molar-refractivity contribution in [1.82, 2.24) is 5.32 Å².